The lowest BCUT2D eigenvalue weighted by atomic mass is 10.1. The molecular weight excluding hydrogens is 292 g/mol. The lowest BCUT2D eigenvalue weighted by molar-refractivity contribution is -0.136. The Labute approximate surface area is 134 Å². The van der Waals surface area contributed by atoms with Crippen LogP contribution in [0.1, 0.15) is 23.6 Å². The SMILES string of the molecule is COc1ccc(NC(=O)C(=O)NC2CCc3ccccc32)cc1. The number of aryl methyl sites for hydroxylation is 1. The summed E-state index contributed by atoms with van der Waals surface area (Å²) in [5.41, 5.74) is 2.88. The highest BCUT2D eigenvalue weighted by atomic mass is 16.5. The van der Waals surface area contributed by atoms with Crippen molar-refractivity contribution in [2.75, 3.05) is 12.4 Å². The monoisotopic (exact) mass is 310 g/mol. The summed E-state index contributed by atoms with van der Waals surface area (Å²) in [6.07, 6.45) is 1.74. The predicted molar refractivity (Wildman–Crippen MR) is 87.3 cm³/mol. The maximum Gasteiger partial charge on any atom is 0.313 e. The van der Waals surface area contributed by atoms with E-state index >= 15 is 0 Å². The standard InChI is InChI=1S/C18H18N2O3/c1-23-14-9-7-13(8-10-14)19-17(21)18(22)20-16-11-6-12-4-2-3-5-15(12)16/h2-5,7-10,16H,6,11H2,1H3,(H,19,21)(H,20,22). The molecule has 23 heavy (non-hydrogen) atoms. The number of amides is 2. The van der Waals surface area contributed by atoms with E-state index in [0.29, 0.717) is 11.4 Å². The van der Waals surface area contributed by atoms with Crippen LogP contribution in [0.4, 0.5) is 5.69 Å². The number of rotatable bonds is 3. The summed E-state index contributed by atoms with van der Waals surface area (Å²) < 4.78 is 5.05. The molecule has 0 heterocycles. The van der Waals surface area contributed by atoms with Crippen LogP contribution in [0.25, 0.3) is 0 Å². The zero-order chi connectivity index (χ0) is 16.2. The zero-order valence-electron chi connectivity index (χ0n) is 12.8. The Morgan fingerprint density at radius 3 is 2.52 bits per heavy atom. The minimum Gasteiger partial charge on any atom is -0.497 e. The Morgan fingerprint density at radius 1 is 1.04 bits per heavy atom. The Morgan fingerprint density at radius 2 is 1.78 bits per heavy atom. The quantitative estimate of drug-likeness (QED) is 0.856. The minimum atomic E-state index is -0.667. The number of hydrogen-bond donors (Lipinski definition) is 2. The van der Waals surface area contributed by atoms with Gasteiger partial charge in [0.2, 0.25) is 0 Å². The first-order valence-corrected chi connectivity index (χ1v) is 7.51. The fraction of sp³-hybridized carbons (Fsp3) is 0.222. The van der Waals surface area contributed by atoms with E-state index in [4.69, 9.17) is 4.74 Å². The van der Waals surface area contributed by atoms with Gasteiger partial charge in [0.25, 0.3) is 0 Å². The molecule has 2 aromatic carbocycles. The van der Waals surface area contributed by atoms with Gasteiger partial charge in [-0.15, -0.1) is 0 Å². The van der Waals surface area contributed by atoms with Gasteiger partial charge in [0.15, 0.2) is 0 Å². The summed E-state index contributed by atoms with van der Waals surface area (Å²) in [4.78, 5) is 24.1. The molecule has 1 atom stereocenters. The van der Waals surface area contributed by atoms with Gasteiger partial charge >= 0.3 is 11.8 Å². The minimum absolute atomic E-state index is 0.0969. The van der Waals surface area contributed by atoms with Crippen LogP contribution in [0, 0.1) is 0 Å². The first-order chi connectivity index (χ1) is 11.2. The number of carbonyl (C=O) groups excluding carboxylic acids is 2. The highest BCUT2D eigenvalue weighted by Crippen LogP contribution is 2.30. The fourth-order valence-electron chi connectivity index (χ4n) is 2.79. The van der Waals surface area contributed by atoms with Crippen molar-refractivity contribution < 1.29 is 14.3 Å². The molecule has 1 aliphatic rings. The first-order valence-electron chi connectivity index (χ1n) is 7.51. The number of fused-ring (bicyclic) bond motifs is 1. The van der Waals surface area contributed by atoms with Crippen molar-refractivity contribution in [1.82, 2.24) is 5.32 Å². The third-order valence-corrected chi connectivity index (χ3v) is 3.99. The third kappa shape index (κ3) is 3.34. The van der Waals surface area contributed by atoms with E-state index in [9.17, 15) is 9.59 Å². The van der Waals surface area contributed by atoms with Crippen LogP contribution < -0.4 is 15.4 Å². The molecule has 1 aliphatic carbocycles. The molecule has 0 aromatic heterocycles. The summed E-state index contributed by atoms with van der Waals surface area (Å²) in [5.74, 6) is -0.600. The van der Waals surface area contributed by atoms with Crippen LogP contribution in [-0.4, -0.2) is 18.9 Å². The molecular formula is C18H18N2O3. The van der Waals surface area contributed by atoms with Crippen molar-refractivity contribution in [1.29, 1.82) is 0 Å². The van der Waals surface area contributed by atoms with Crippen molar-refractivity contribution in [2.45, 2.75) is 18.9 Å². The van der Waals surface area contributed by atoms with Crippen LogP contribution in [0.15, 0.2) is 48.5 Å². The highest BCUT2D eigenvalue weighted by molar-refractivity contribution is 6.39. The Hall–Kier alpha value is -2.82. The maximum absolute atomic E-state index is 12.1. The lowest BCUT2D eigenvalue weighted by Crippen LogP contribution is -2.37. The molecule has 0 bridgehead atoms. The van der Waals surface area contributed by atoms with Gasteiger partial charge in [0, 0.05) is 5.69 Å². The number of hydrogen-bond acceptors (Lipinski definition) is 3. The topological polar surface area (TPSA) is 67.4 Å². The van der Waals surface area contributed by atoms with Crippen molar-refractivity contribution in [3.63, 3.8) is 0 Å². The van der Waals surface area contributed by atoms with E-state index < -0.39 is 11.8 Å². The number of carbonyl (C=O) groups is 2. The maximum atomic E-state index is 12.1. The molecule has 0 radical (unpaired) electrons. The second kappa shape index (κ2) is 6.52. The largest absolute Gasteiger partial charge is 0.497 e. The van der Waals surface area contributed by atoms with Gasteiger partial charge in [-0.3, -0.25) is 9.59 Å². The van der Waals surface area contributed by atoms with E-state index in [2.05, 4.69) is 16.7 Å². The molecule has 2 amide bonds. The van der Waals surface area contributed by atoms with Gasteiger partial charge in [-0.05, 0) is 48.2 Å². The molecule has 0 saturated heterocycles. The number of benzene rings is 2. The van der Waals surface area contributed by atoms with Crippen molar-refractivity contribution >= 4 is 17.5 Å². The second-order valence-corrected chi connectivity index (χ2v) is 5.45. The predicted octanol–water partition coefficient (Wildman–Crippen LogP) is 2.44. The smallest absolute Gasteiger partial charge is 0.313 e. The van der Waals surface area contributed by atoms with Gasteiger partial charge in [-0.1, -0.05) is 24.3 Å². The van der Waals surface area contributed by atoms with E-state index in [1.165, 1.54) is 5.56 Å². The molecule has 1 unspecified atom stereocenters. The van der Waals surface area contributed by atoms with Crippen LogP contribution in [0.2, 0.25) is 0 Å². The number of methoxy groups -OCH3 is 1. The molecule has 0 saturated carbocycles. The van der Waals surface area contributed by atoms with Gasteiger partial charge in [0.1, 0.15) is 5.75 Å². The third-order valence-electron chi connectivity index (χ3n) is 3.99. The molecule has 0 aliphatic heterocycles. The first kappa shape index (κ1) is 15.1. The van der Waals surface area contributed by atoms with Crippen molar-refractivity contribution in [3.05, 3.63) is 59.7 Å². The van der Waals surface area contributed by atoms with Crippen LogP contribution in [0.5, 0.6) is 5.75 Å². The van der Waals surface area contributed by atoms with Crippen LogP contribution in [-0.2, 0) is 16.0 Å². The second-order valence-electron chi connectivity index (χ2n) is 5.45. The number of anilines is 1. The number of ether oxygens (including phenoxy) is 1. The Bertz CT molecular complexity index is 725. The van der Waals surface area contributed by atoms with Gasteiger partial charge in [-0.25, -0.2) is 0 Å². The average Bonchev–Trinajstić information content (AvgIpc) is 2.98. The summed E-state index contributed by atoms with van der Waals surface area (Å²) >= 11 is 0. The van der Waals surface area contributed by atoms with Crippen LogP contribution >= 0.6 is 0 Å². The van der Waals surface area contributed by atoms with E-state index in [1.807, 2.05) is 18.2 Å². The van der Waals surface area contributed by atoms with Crippen molar-refractivity contribution in [3.8, 4) is 5.75 Å². The normalized spacial score (nSPS) is 15.6. The van der Waals surface area contributed by atoms with E-state index in [0.717, 1.165) is 18.4 Å². The Kier molecular flexibility index (Phi) is 4.28. The number of nitrogens with one attached hydrogen (secondary N) is 2. The molecule has 0 fully saturated rings. The summed E-state index contributed by atoms with van der Waals surface area (Å²) in [5, 5.41) is 5.39. The molecule has 2 N–H and O–H groups in total. The molecule has 5 nitrogen and oxygen atoms in total. The van der Waals surface area contributed by atoms with Gasteiger partial charge in [-0.2, -0.15) is 0 Å². The Balaban J connectivity index is 1.61. The molecule has 5 heteroatoms. The summed E-state index contributed by atoms with van der Waals surface area (Å²) in [6.45, 7) is 0. The summed E-state index contributed by atoms with van der Waals surface area (Å²) in [6, 6.07) is 14.7. The van der Waals surface area contributed by atoms with E-state index in [-0.39, 0.29) is 6.04 Å². The molecule has 3 rings (SSSR count). The highest BCUT2D eigenvalue weighted by Gasteiger charge is 2.25. The van der Waals surface area contributed by atoms with Gasteiger partial charge in [0.05, 0.1) is 13.2 Å². The lowest BCUT2D eigenvalue weighted by Gasteiger charge is -2.14. The summed E-state index contributed by atoms with van der Waals surface area (Å²) in [7, 11) is 1.57. The van der Waals surface area contributed by atoms with Gasteiger partial charge < -0.3 is 15.4 Å². The molecule has 118 valence electrons. The van der Waals surface area contributed by atoms with Crippen molar-refractivity contribution in [2.24, 2.45) is 0 Å². The average molecular weight is 310 g/mol. The van der Waals surface area contributed by atoms with Crippen LogP contribution in [0.3, 0.4) is 0 Å². The fourth-order valence-corrected chi connectivity index (χ4v) is 2.79. The zero-order valence-corrected chi connectivity index (χ0v) is 12.8. The molecule has 2 aromatic rings. The molecule has 0 spiro atoms. The van der Waals surface area contributed by atoms with E-state index in [1.54, 1.807) is 31.4 Å².